The zero-order valence-electron chi connectivity index (χ0n) is 17.7. The number of thioether (sulfide) groups is 1. The standard InChI is InChI=1S/C22H21ClN6O3S/c1-33-17-4-2-3-16(10-17)29-11-13(9-19(29)30)20(31)32-12-18-26-21(24)28-22(27-18)25-15-7-5-14(23)6-8-15/h2-8,10,13H,9,11-12H2,1H3,(H3,24,25,26,27,28)/t13-/m1/s1. The topological polar surface area (TPSA) is 123 Å². The number of esters is 1. The Balaban J connectivity index is 1.38. The third-order valence-electron chi connectivity index (χ3n) is 4.97. The molecule has 1 atom stereocenters. The third kappa shape index (κ3) is 5.71. The molecular formula is C22H21ClN6O3S. The first kappa shape index (κ1) is 22.8. The van der Waals surface area contributed by atoms with E-state index < -0.39 is 11.9 Å². The summed E-state index contributed by atoms with van der Waals surface area (Å²) in [5.41, 5.74) is 7.25. The summed E-state index contributed by atoms with van der Waals surface area (Å²) >= 11 is 7.48. The maximum atomic E-state index is 12.6. The van der Waals surface area contributed by atoms with E-state index in [2.05, 4.69) is 20.3 Å². The summed E-state index contributed by atoms with van der Waals surface area (Å²) in [7, 11) is 0. The molecule has 0 radical (unpaired) electrons. The molecule has 3 N–H and O–H groups in total. The number of nitrogens with zero attached hydrogens (tertiary/aromatic N) is 4. The van der Waals surface area contributed by atoms with Crippen molar-refractivity contribution in [2.24, 2.45) is 5.92 Å². The molecule has 1 aliphatic heterocycles. The summed E-state index contributed by atoms with van der Waals surface area (Å²) in [6.07, 6.45) is 2.06. The van der Waals surface area contributed by atoms with E-state index in [1.54, 1.807) is 40.9 Å². The monoisotopic (exact) mass is 484 g/mol. The number of nitrogens with one attached hydrogen (secondary N) is 1. The van der Waals surface area contributed by atoms with Crippen molar-refractivity contribution in [1.29, 1.82) is 0 Å². The van der Waals surface area contributed by atoms with Gasteiger partial charge in [0.05, 0.1) is 5.92 Å². The quantitative estimate of drug-likeness (QED) is 0.381. The Morgan fingerprint density at radius 1 is 1.24 bits per heavy atom. The van der Waals surface area contributed by atoms with Gasteiger partial charge in [0.1, 0.15) is 0 Å². The number of rotatable bonds is 7. The Labute approximate surface area is 199 Å². The minimum atomic E-state index is -0.568. The van der Waals surface area contributed by atoms with E-state index in [1.165, 1.54) is 0 Å². The number of ether oxygens (including phenoxy) is 1. The number of hydrogen-bond donors (Lipinski definition) is 2. The predicted octanol–water partition coefficient (Wildman–Crippen LogP) is 3.67. The third-order valence-corrected chi connectivity index (χ3v) is 5.94. The summed E-state index contributed by atoms with van der Waals surface area (Å²) in [5, 5.41) is 3.60. The number of halogens is 1. The summed E-state index contributed by atoms with van der Waals surface area (Å²) in [5.74, 6) is -0.773. The van der Waals surface area contributed by atoms with Crippen molar-refractivity contribution >= 4 is 58.5 Å². The molecule has 2 heterocycles. The SMILES string of the molecule is CSc1cccc(N2C[C@H](C(=O)OCc3nc(N)nc(Nc4ccc(Cl)cc4)n3)CC2=O)c1. The molecule has 1 amide bonds. The first-order chi connectivity index (χ1) is 15.9. The highest BCUT2D eigenvalue weighted by Gasteiger charge is 2.36. The minimum Gasteiger partial charge on any atom is -0.457 e. The Hall–Kier alpha value is -3.37. The first-order valence-electron chi connectivity index (χ1n) is 10.1. The van der Waals surface area contributed by atoms with Crippen LogP contribution in [0.4, 0.5) is 23.3 Å². The lowest BCUT2D eigenvalue weighted by Crippen LogP contribution is -2.26. The van der Waals surface area contributed by atoms with E-state index in [-0.39, 0.29) is 43.2 Å². The molecule has 1 fully saturated rings. The van der Waals surface area contributed by atoms with Gasteiger partial charge in [-0.05, 0) is 48.7 Å². The molecule has 11 heteroatoms. The van der Waals surface area contributed by atoms with Crippen LogP contribution >= 0.6 is 23.4 Å². The first-order valence-corrected chi connectivity index (χ1v) is 11.7. The van der Waals surface area contributed by atoms with Crippen molar-refractivity contribution in [3.63, 3.8) is 0 Å². The van der Waals surface area contributed by atoms with Gasteiger partial charge in [0.15, 0.2) is 12.4 Å². The molecule has 0 bridgehead atoms. The molecule has 0 aliphatic carbocycles. The van der Waals surface area contributed by atoms with Crippen molar-refractivity contribution in [2.75, 3.05) is 28.8 Å². The van der Waals surface area contributed by atoms with Crippen LogP contribution in [0.3, 0.4) is 0 Å². The Bertz CT molecular complexity index is 1180. The van der Waals surface area contributed by atoms with Crippen LogP contribution < -0.4 is 16.0 Å². The molecule has 0 saturated carbocycles. The van der Waals surface area contributed by atoms with E-state index >= 15 is 0 Å². The molecular weight excluding hydrogens is 464 g/mol. The van der Waals surface area contributed by atoms with E-state index in [0.29, 0.717) is 10.7 Å². The molecule has 4 rings (SSSR count). The predicted molar refractivity (Wildman–Crippen MR) is 127 cm³/mol. The molecule has 0 unspecified atom stereocenters. The van der Waals surface area contributed by atoms with Gasteiger partial charge >= 0.3 is 5.97 Å². The van der Waals surface area contributed by atoms with Crippen LogP contribution in [0, 0.1) is 5.92 Å². The van der Waals surface area contributed by atoms with Crippen LogP contribution in [0.2, 0.25) is 5.02 Å². The van der Waals surface area contributed by atoms with Crippen LogP contribution in [-0.4, -0.2) is 39.6 Å². The van der Waals surface area contributed by atoms with Gasteiger partial charge in [-0.25, -0.2) is 0 Å². The number of carbonyl (C=O) groups is 2. The fourth-order valence-corrected chi connectivity index (χ4v) is 3.95. The van der Waals surface area contributed by atoms with Crippen LogP contribution in [-0.2, 0) is 20.9 Å². The van der Waals surface area contributed by atoms with Gasteiger partial charge in [-0.15, -0.1) is 11.8 Å². The summed E-state index contributed by atoms with van der Waals surface area (Å²) in [4.78, 5) is 40.1. The average molecular weight is 485 g/mol. The number of aromatic nitrogens is 3. The molecule has 1 aromatic heterocycles. The number of hydrogen-bond acceptors (Lipinski definition) is 9. The zero-order valence-corrected chi connectivity index (χ0v) is 19.3. The van der Waals surface area contributed by atoms with Gasteiger partial charge in [-0.1, -0.05) is 17.7 Å². The molecule has 9 nitrogen and oxygen atoms in total. The highest BCUT2D eigenvalue weighted by Crippen LogP contribution is 2.29. The Morgan fingerprint density at radius 2 is 2.03 bits per heavy atom. The van der Waals surface area contributed by atoms with E-state index in [4.69, 9.17) is 22.1 Å². The number of carbonyl (C=O) groups excluding carboxylic acids is 2. The maximum Gasteiger partial charge on any atom is 0.311 e. The minimum absolute atomic E-state index is 0.0107. The molecule has 1 aliphatic rings. The van der Waals surface area contributed by atoms with Crippen LogP contribution in [0.15, 0.2) is 53.4 Å². The molecule has 33 heavy (non-hydrogen) atoms. The summed E-state index contributed by atoms with van der Waals surface area (Å²) < 4.78 is 5.39. The van der Waals surface area contributed by atoms with Crippen molar-refractivity contribution in [3.8, 4) is 0 Å². The van der Waals surface area contributed by atoms with Gasteiger partial charge < -0.3 is 20.7 Å². The highest BCUT2D eigenvalue weighted by molar-refractivity contribution is 7.98. The smallest absolute Gasteiger partial charge is 0.311 e. The normalized spacial score (nSPS) is 15.5. The Morgan fingerprint density at radius 3 is 2.79 bits per heavy atom. The van der Waals surface area contributed by atoms with Crippen molar-refractivity contribution in [3.05, 3.63) is 59.4 Å². The fraction of sp³-hybridized carbons (Fsp3) is 0.227. The zero-order chi connectivity index (χ0) is 23.4. The molecule has 3 aromatic rings. The lowest BCUT2D eigenvalue weighted by Gasteiger charge is -2.17. The average Bonchev–Trinajstić information content (AvgIpc) is 3.20. The van der Waals surface area contributed by atoms with Crippen LogP contribution in [0.25, 0.3) is 0 Å². The number of nitrogen functional groups attached to an aromatic ring is 1. The summed E-state index contributed by atoms with van der Waals surface area (Å²) in [6.45, 7) is 0.0751. The fourth-order valence-electron chi connectivity index (χ4n) is 3.37. The second kappa shape index (κ2) is 10.1. The molecule has 1 saturated heterocycles. The van der Waals surface area contributed by atoms with Crippen molar-refractivity contribution in [1.82, 2.24) is 15.0 Å². The second-order valence-electron chi connectivity index (χ2n) is 7.28. The van der Waals surface area contributed by atoms with Crippen LogP contribution in [0.1, 0.15) is 12.2 Å². The molecule has 2 aromatic carbocycles. The second-order valence-corrected chi connectivity index (χ2v) is 8.60. The van der Waals surface area contributed by atoms with Crippen LogP contribution in [0.5, 0.6) is 0 Å². The van der Waals surface area contributed by atoms with Gasteiger partial charge in [0.2, 0.25) is 17.8 Å². The van der Waals surface area contributed by atoms with Crippen molar-refractivity contribution in [2.45, 2.75) is 17.9 Å². The molecule has 170 valence electrons. The Kier molecular flexibility index (Phi) is 6.95. The van der Waals surface area contributed by atoms with Gasteiger partial charge in [0, 0.05) is 34.3 Å². The lowest BCUT2D eigenvalue weighted by atomic mass is 10.1. The number of nitrogens with two attached hydrogens (primary N) is 1. The number of amides is 1. The lowest BCUT2D eigenvalue weighted by molar-refractivity contribution is -0.149. The number of benzene rings is 2. The van der Waals surface area contributed by atoms with E-state index in [1.807, 2.05) is 30.5 Å². The van der Waals surface area contributed by atoms with E-state index in [9.17, 15) is 9.59 Å². The largest absolute Gasteiger partial charge is 0.457 e. The highest BCUT2D eigenvalue weighted by atomic mass is 35.5. The molecule has 0 spiro atoms. The number of anilines is 4. The van der Waals surface area contributed by atoms with Gasteiger partial charge in [-0.2, -0.15) is 15.0 Å². The van der Waals surface area contributed by atoms with E-state index in [0.717, 1.165) is 10.6 Å². The van der Waals surface area contributed by atoms with Gasteiger partial charge in [0.25, 0.3) is 0 Å². The maximum absolute atomic E-state index is 12.6. The van der Waals surface area contributed by atoms with Gasteiger partial charge in [-0.3, -0.25) is 9.59 Å². The summed E-state index contributed by atoms with van der Waals surface area (Å²) in [6, 6.07) is 14.6. The van der Waals surface area contributed by atoms with Crippen molar-refractivity contribution < 1.29 is 14.3 Å².